The van der Waals surface area contributed by atoms with Crippen LogP contribution in [0.2, 0.25) is 0 Å². The predicted octanol–water partition coefficient (Wildman–Crippen LogP) is 2.38. The second kappa shape index (κ2) is 10.2. The molecule has 0 fully saturated rings. The van der Waals surface area contributed by atoms with Gasteiger partial charge in [-0.25, -0.2) is 0 Å². The molecule has 0 rings (SSSR count). The Morgan fingerprint density at radius 1 is 1.30 bits per heavy atom. The first kappa shape index (κ1) is 19.4. The van der Waals surface area contributed by atoms with Gasteiger partial charge in [-0.15, -0.1) is 0 Å². The Balaban J connectivity index is 4.08. The van der Waals surface area contributed by atoms with Gasteiger partial charge in [-0.05, 0) is 31.8 Å². The normalized spacial score (nSPS) is 13.6. The van der Waals surface area contributed by atoms with Gasteiger partial charge in [-0.3, -0.25) is 9.69 Å². The zero-order valence-corrected chi connectivity index (χ0v) is 14.2. The zero-order chi connectivity index (χ0) is 15.6. The number of unbranched alkanes of at least 4 members (excludes halogenated alkanes) is 2. The first-order chi connectivity index (χ1) is 9.34. The molecule has 4 nitrogen and oxygen atoms in total. The second-order valence-corrected chi connectivity index (χ2v) is 6.64. The molecule has 0 radical (unpaired) electrons. The Labute approximate surface area is 125 Å². The molecule has 0 aliphatic heterocycles. The van der Waals surface area contributed by atoms with Crippen molar-refractivity contribution >= 4 is 5.91 Å². The molecule has 0 heterocycles. The monoisotopic (exact) mass is 285 g/mol. The molecule has 120 valence electrons. The summed E-state index contributed by atoms with van der Waals surface area (Å²) in [6.07, 6.45) is 4.72. The van der Waals surface area contributed by atoms with Crippen molar-refractivity contribution in [3.63, 3.8) is 0 Å². The molecular formula is C16H35N3O. The highest BCUT2D eigenvalue weighted by atomic mass is 16.2. The van der Waals surface area contributed by atoms with Gasteiger partial charge in [-0.2, -0.15) is 0 Å². The summed E-state index contributed by atoms with van der Waals surface area (Å²) < 4.78 is 0. The van der Waals surface area contributed by atoms with Crippen molar-refractivity contribution in [2.75, 3.05) is 26.2 Å². The van der Waals surface area contributed by atoms with Gasteiger partial charge in [0.25, 0.3) is 0 Å². The van der Waals surface area contributed by atoms with E-state index in [0.29, 0.717) is 13.1 Å². The first-order valence-electron chi connectivity index (χ1n) is 8.06. The Morgan fingerprint density at radius 3 is 2.45 bits per heavy atom. The van der Waals surface area contributed by atoms with E-state index in [2.05, 4.69) is 44.8 Å². The molecular weight excluding hydrogens is 250 g/mol. The summed E-state index contributed by atoms with van der Waals surface area (Å²) in [5.74, 6) is 0.128. The molecule has 0 bridgehead atoms. The summed E-state index contributed by atoms with van der Waals surface area (Å²) in [5.41, 5.74) is 5.82. The standard InChI is InChI=1S/C16H35N3O/c1-6-8-9-10-14(3)18-15(20)11-19(7-2)13-16(4,5)12-17/h14H,6-13,17H2,1-5H3,(H,18,20). The fourth-order valence-corrected chi connectivity index (χ4v) is 2.25. The average Bonchev–Trinajstić information content (AvgIpc) is 2.37. The van der Waals surface area contributed by atoms with Crippen molar-refractivity contribution in [1.82, 2.24) is 10.2 Å². The highest BCUT2D eigenvalue weighted by Gasteiger charge is 2.21. The molecule has 4 heteroatoms. The van der Waals surface area contributed by atoms with Gasteiger partial charge in [0.2, 0.25) is 5.91 Å². The highest BCUT2D eigenvalue weighted by Crippen LogP contribution is 2.14. The Hall–Kier alpha value is -0.610. The minimum Gasteiger partial charge on any atom is -0.353 e. The van der Waals surface area contributed by atoms with E-state index in [9.17, 15) is 4.79 Å². The van der Waals surface area contributed by atoms with Crippen LogP contribution in [0.4, 0.5) is 0 Å². The minimum atomic E-state index is 0.0586. The van der Waals surface area contributed by atoms with Crippen LogP contribution < -0.4 is 11.1 Å². The minimum absolute atomic E-state index is 0.0586. The third kappa shape index (κ3) is 9.32. The van der Waals surface area contributed by atoms with E-state index in [-0.39, 0.29) is 17.4 Å². The van der Waals surface area contributed by atoms with Gasteiger partial charge in [0.15, 0.2) is 0 Å². The highest BCUT2D eigenvalue weighted by molar-refractivity contribution is 5.78. The summed E-state index contributed by atoms with van der Waals surface area (Å²) >= 11 is 0. The maximum atomic E-state index is 12.0. The van der Waals surface area contributed by atoms with Crippen LogP contribution in [0.25, 0.3) is 0 Å². The Bertz CT molecular complexity index is 266. The van der Waals surface area contributed by atoms with Gasteiger partial charge >= 0.3 is 0 Å². The topological polar surface area (TPSA) is 58.4 Å². The maximum Gasteiger partial charge on any atom is 0.234 e. The zero-order valence-electron chi connectivity index (χ0n) is 14.2. The lowest BCUT2D eigenvalue weighted by molar-refractivity contribution is -0.123. The molecule has 0 spiro atoms. The van der Waals surface area contributed by atoms with Crippen molar-refractivity contribution < 1.29 is 4.79 Å². The molecule has 0 saturated carbocycles. The van der Waals surface area contributed by atoms with Crippen molar-refractivity contribution in [3.8, 4) is 0 Å². The van der Waals surface area contributed by atoms with Crippen molar-refractivity contribution in [3.05, 3.63) is 0 Å². The lowest BCUT2D eigenvalue weighted by Crippen LogP contribution is -2.45. The Kier molecular flexibility index (Phi) is 9.86. The number of hydrogen-bond donors (Lipinski definition) is 2. The van der Waals surface area contributed by atoms with E-state index in [0.717, 1.165) is 19.5 Å². The summed E-state index contributed by atoms with van der Waals surface area (Å²) in [6, 6.07) is 0.273. The molecule has 1 amide bonds. The van der Waals surface area contributed by atoms with Gasteiger partial charge in [-0.1, -0.05) is 47.0 Å². The van der Waals surface area contributed by atoms with Crippen LogP contribution in [0, 0.1) is 5.41 Å². The molecule has 0 saturated heterocycles. The summed E-state index contributed by atoms with van der Waals surface area (Å²) in [4.78, 5) is 14.2. The molecule has 1 unspecified atom stereocenters. The molecule has 20 heavy (non-hydrogen) atoms. The number of amides is 1. The van der Waals surface area contributed by atoms with Gasteiger partial charge in [0.1, 0.15) is 0 Å². The number of carbonyl (C=O) groups is 1. The van der Waals surface area contributed by atoms with Gasteiger partial charge in [0.05, 0.1) is 6.54 Å². The summed E-state index contributed by atoms with van der Waals surface area (Å²) in [7, 11) is 0. The predicted molar refractivity (Wildman–Crippen MR) is 86.7 cm³/mol. The van der Waals surface area contributed by atoms with Crippen LogP contribution >= 0.6 is 0 Å². The van der Waals surface area contributed by atoms with Gasteiger partial charge in [0, 0.05) is 12.6 Å². The fraction of sp³-hybridized carbons (Fsp3) is 0.938. The van der Waals surface area contributed by atoms with E-state index < -0.39 is 0 Å². The second-order valence-electron chi connectivity index (χ2n) is 6.64. The number of nitrogens with zero attached hydrogens (tertiary/aromatic N) is 1. The maximum absolute atomic E-state index is 12.0. The SMILES string of the molecule is CCCCCC(C)NC(=O)CN(CC)CC(C)(C)CN. The molecule has 0 aromatic heterocycles. The number of nitrogens with one attached hydrogen (secondary N) is 1. The number of hydrogen-bond acceptors (Lipinski definition) is 3. The van der Waals surface area contributed by atoms with Crippen LogP contribution in [0.3, 0.4) is 0 Å². The molecule has 0 aliphatic carbocycles. The van der Waals surface area contributed by atoms with Gasteiger partial charge < -0.3 is 11.1 Å². The average molecular weight is 285 g/mol. The summed E-state index contributed by atoms with van der Waals surface area (Å²) in [6.45, 7) is 13.5. The van der Waals surface area contributed by atoms with E-state index in [1.54, 1.807) is 0 Å². The summed E-state index contributed by atoms with van der Waals surface area (Å²) in [5, 5.41) is 3.10. The Morgan fingerprint density at radius 2 is 1.95 bits per heavy atom. The number of rotatable bonds is 11. The van der Waals surface area contributed by atoms with E-state index in [1.165, 1.54) is 19.3 Å². The van der Waals surface area contributed by atoms with E-state index >= 15 is 0 Å². The fourth-order valence-electron chi connectivity index (χ4n) is 2.25. The largest absolute Gasteiger partial charge is 0.353 e. The quantitative estimate of drug-likeness (QED) is 0.573. The number of nitrogens with two attached hydrogens (primary N) is 1. The first-order valence-corrected chi connectivity index (χ1v) is 8.06. The molecule has 1 atom stereocenters. The lowest BCUT2D eigenvalue weighted by Gasteiger charge is -2.30. The van der Waals surface area contributed by atoms with E-state index in [4.69, 9.17) is 5.73 Å². The molecule has 0 aromatic rings. The molecule has 3 N–H and O–H groups in total. The smallest absolute Gasteiger partial charge is 0.234 e. The van der Waals surface area contributed by atoms with Crippen molar-refractivity contribution in [2.24, 2.45) is 11.1 Å². The van der Waals surface area contributed by atoms with Crippen LogP contribution in [0.5, 0.6) is 0 Å². The van der Waals surface area contributed by atoms with Crippen molar-refractivity contribution in [1.29, 1.82) is 0 Å². The third-order valence-corrected chi connectivity index (χ3v) is 3.67. The van der Waals surface area contributed by atoms with Crippen LogP contribution in [-0.2, 0) is 4.79 Å². The van der Waals surface area contributed by atoms with Crippen LogP contribution in [-0.4, -0.2) is 43.0 Å². The van der Waals surface area contributed by atoms with Crippen molar-refractivity contribution in [2.45, 2.75) is 66.3 Å². The van der Waals surface area contributed by atoms with E-state index in [1.807, 2.05) is 0 Å². The molecule has 0 aliphatic rings. The lowest BCUT2D eigenvalue weighted by atomic mass is 9.93. The number of carbonyl (C=O) groups excluding carboxylic acids is 1. The van der Waals surface area contributed by atoms with Crippen LogP contribution in [0.1, 0.15) is 60.3 Å². The number of likely N-dealkylation sites (N-methyl/N-ethyl adjacent to an activating group) is 1. The molecule has 0 aromatic carbocycles. The third-order valence-electron chi connectivity index (χ3n) is 3.67. The van der Waals surface area contributed by atoms with Crippen LogP contribution in [0.15, 0.2) is 0 Å².